The first kappa shape index (κ1) is 18.4. The molecule has 0 N–H and O–H groups in total. The van der Waals surface area contributed by atoms with E-state index in [0.29, 0.717) is 36.2 Å². The van der Waals surface area contributed by atoms with Gasteiger partial charge in [0, 0.05) is 19.4 Å². The maximum absolute atomic E-state index is 14.1. The number of aryl methyl sites for hydroxylation is 2. The molecule has 3 rings (SSSR count). The highest BCUT2D eigenvalue weighted by Crippen LogP contribution is 2.37. The summed E-state index contributed by atoms with van der Waals surface area (Å²) < 4.78 is 91.3. The zero-order chi connectivity index (χ0) is 19.3. The maximum atomic E-state index is 14.1. The van der Waals surface area contributed by atoms with E-state index in [-0.39, 0.29) is 5.49 Å². The van der Waals surface area contributed by atoms with Crippen molar-refractivity contribution < 1.29 is 30.7 Å². The topological polar surface area (TPSA) is 30.2 Å². The van der Waals surface area contributed by atoms with Gasteiger partial charge < -0.3 is 4.57 Å². The summed E-state index contributed by atoms with van der Waals surface area (Å²) in [4.78, 5) is 7.48. The van der Waals surface area contributed by atoms with Crippen LogP contribution in [0.25, 0.3) is 0 Å². The largest absolute Gasteiger partial charge is 0.433 e. The Morgan fingerprint density at radius 1 is 1.12 bits per heavy atom. The van der Waals surface area contributed by atoms with Gasteiger partial charge in [0.2, 0.25) is 0 Å². The second kappa shape index (κ2) is 6.10. The van der Waals surface area contributed by atoms with E-state index in [1.54, 1.807) is 0 Å². The van der Waals surface area contributed by atoms with Gasteiger partial charge in [0.1, 0.15) is 5.69 Å². The summed E-state index contributed by atoms with van der Waals surface area (Å²) in [5, 5.41) is 0. The van der Waals surface area contributed by atoms with E-state index in [9.17, 15) is 30.7 Å². The Kier molecular flexibility index (Phi) is 4.32. The van der Waals surface area contributed by atoms with Crippen LogP contribution in [0.3, 0.4) is 0 Å². The summed E-state index contributed by atoms with van der Waals surface area (Å²) in [5.41, 5.74) is -1.67. The number of nitrogens with zero attached hydrogens (tertiary/aromatic N) is 3. The van der Waals surface area contributed by atoms with Gasteiger partial charge >= 0.3 is 12.4 Å². The molecular weight excluding hydrogens is 367 g/mol. The first-order valence-electron chi connectivity index (χ1n) is 7.50. The Hall–Kier alpha value is -2.39. The summed E-state index contributed by atoms with van der Waals surface area (Å²) in [5.74, 6) is -1.16. The summed E-state index contributed by atoms with van der Waals surface area (Å²) in [7, 11) is 1.22. The molecule has 0 saturated heterocycles. The molecule has 2 heterocycles. The summed E-state index contributed by atoms with van der Waals surface area (Å²) in [6.07, 6.45) is -6.91. The lowest BCUT2D eigenvalue weighted by atomic mass is 10.1. The molecule has 0 amide bonds. The number of fused-ring (bicyclic) bond motifs is 1. The van der Waals surface area contributed by atoms with Crippen LogP contribution in [0.5, 0.6) is 0 Å². The highest BCUT2D eigenvalue weighted by Gasteiger charge is 2.35. The lowest BCUT2D eigenvalue weighted by Crippen LogP contribution is -2.25. The quantitative estimate of drug-likeness (QED) is 0.684. The van der Waals surface area contributed by atoms with Crippen LogP contribution >= 0.6 is 0 Å². The van der Waals surface area contributed by atoms with E-state index in [2.05, 4.69) is 9.98 Å². The predicted octanol–water partition coefficient (Wildman–Crippen LogP) is 4.19. The molecule has 2 aromatic rings. The molecule has 1 atom stereocenters. The van der Waals surface area contributed by atoms with Gasteiger partial charge in [-0.25, -0.2) is 4.39 Å². The number of alkyl halides is 6. The molecule has 0 bridgehead atoms. The highest BCUT2D eigenvalue weighted by molar-refractivity contribution is 5.35. The van der Waals surface area contributed by atoms with Gasteiger partial charge in [-0.1, -0.05) is 0 Å². The van der Waals surface area contributed by atoms with Crippen molar-refractivity contribution in [3.8, 4) is 0 Å². The van der Waals surface area contributed by atoms with E-state index in [4.69, 9.17) is 0 Å². The molecule has 1 aliphatic rings. The molecule has 0 aromatic carbocycles. The lowest BCUT2D eigenvalue weighted by molar-refractivity contribution is -0.141. The third-order valence-electron chi connectivity index (χ3n) is 4.13. The average molecular weight is 379 g/mol. The van der Waals surface area contributed by atoms with Crippen molar-refractivity contribution in [3.63, 3.8) is 0 Å². The molecule has 0 aliphatic heterocycles. The van der Waals surface area contributed by atoms with Crippen LogP contribution in [0.1, 0.15) is 34.8 Å². The van der Waals surface area contributed by atoms with Gasteiger partial charge in [-0.2, -0.15) is 26.3 Å². The van der Waals surface area contributed by atoms with E-state index in [1.807, 2.05) is 0 Å². The molecule has 140 valence electrons. The fraction of sp³-hybridized carbons (Fsp3) is 0.375. The first-order valence-corrected chi connectivity index (χ1v) is 7.50. The standard InChI is InChI=1S/C16H12F7N3/c1-26-7-9(15(18,19)20)5-11(17)14(26)25-12-3-2-8-4-13(16(21,22)23)24-6-10(8)12/h4-7,12H,2-3H2,1H3. The van der Waals surface area contributed by atoms with Crippen LogP contribution in [0.15, 0.2) is 29.5 Å². The maximum Gasteiger partial charge on any atom is 0.433 e. The molecular formula is C16H12F7N3. The lowest BCUT2D eigenvalue weighted by Gasteiger charge is -2.12. The molecule has 2 aromatic heterocycles. The normalized spacial score (nSPS) is 18.3. The van der Waals surface area contributed by atoms with Gasteiger partial charge in [-0.15, -0.1) is 0 Å². The van der Waals surface area contributed by atoms with Crippen molar-refractivity contribution in [3.05, 3.63) is 58.2 Å². The highest BCUT2D eigenvalue weighted by atomic mass is 19.4. The Morgan fingerprint density at radius 2 is 1.81 bits per heavy atom. The SMILES string of the molecule is Cn1cc(C(F)(F)F)cc(F)c1=NC1CCc2cc(C(F)(F)F)ncc21. The minimum Gasteiger partial charge on any atom is -0.333 e. The third kappa shape index (κ3) is 3.45. The Balaban J connectivity index is 2.02. The average Bonchev–Trinajstić information content (AvgIpc) is 2.91. The second-order valence-electron chi connectivity index (χ2n) is 5.96. The number of pyridine rings is 2. The fourth-order valence-electron chi connectivity index (χ4n) is 2.89. The third-order valence-corrected chi connectivity index (χ3v) is 4.13. The monoisotopic (exact) mass is 379 g/mol. The summed E-state index contributed by atoms with van der Waals surface area (Å²) >= 11 is 0. The second-order valence-corrected chi connectivity index (χ2v) is 5.96. The number of halogens is 7. The fourth-order valence-corrected chi connectivity index (χ4v) is 2.89. The smallest absolute Gasteiger partial charge is 0.333 e. The van der Waals surface area contributed by atoms with Gasteiger partial charge in [0.25, 0.3) is 0 Å². The molecule has 1 unspecified atom stereocenters. The van der Waals surface area contributed by atoms with Crippen molar-refractivity contribution in [1.82, 2.24) is 9.55 Å². The molecule has 3 nitrogen and oxygen atoms in total. The molecule has 1 aliphatic carbocycles. The van der Waals surface area contributed by atoms with Crippen LogP contribution in [-0.2, 0) is 25.8 Å². The van der Waals surface area contributed by atoms with Gasteiger partial charge in [-0.3, -0.25) is 9.98 Å². The van der Waals surface area contributed by atoms with Gasteiger partial charge in [-0.05, 0) is 36.1 Å². The number of rotatable bonds is 1. The van der Waals surface area contributed by atoms with Crippen molar-refractivity contribution in [1.29, 1.82) is 0 Å². The van der Waals surface area contributed by atoms with E-state index in [1.165, 1.54) is 7.05 Å². The first-order chi connectivity index (χ1) is 12.0. The Bertz CT molecular complexity index is 883. The zero-order valence-corrected chi connectivity index (χ0v) is 13.3. The zero-order valence-electron chi connectivity index (χ0n) is 13.3. The minimum atomic E-state index is -4.70. The summed E-state index contributed by atoms with van der Waals surface area (Å²) in [6, 6.07) is 0.602. The van der Waals surface area contributed by atoms with E-state index in [0.717, 1.165) is 16.8 Å². The Morgan fingerprint density at radius 3 is 2.38 bits per heavy atom. The predicted molar refractivity (Wildman–Crippen MR) is 76.2 cm³/mol. The van der Waals surface area contributed by atoms with E-state index >= 15 is 0 Å². The number of aromatic nitrogens is 2. The van der Waals surface area contributed by atoms with Crippen molar-refractivity contribution in [2.75, 3.05) is 0 Å². The van der Waals surface area contributed by atoms with Gasteiger partial charge in [0.15, 0.2) is 11.3 Å². The van der Waals surface area contributed by atoms with Crippen LogP contribution in [0.2, 0.25) is 0 Å². The molecule has 10 heteroatoms. The van der Waals surface area contributed by atoms with Crippen LogP contribution in [0, 0.1) is 5.82 Å². The molecule has 26 heavy (non-hydrogen) atoms. The molecule has 0 spiro atoms. The molecule has 0 radical (unpaired) electrons. The number of hydrogen-bond acceptors (Lipinski definition) is 2. The van der Waals surface area contributed by atoms with Gasteiger partial charge in [0.05, 0.1) is 11.6 Å². The summed E-state index contributed by atoms with van der Waals surface area (Å²) in [6.45, 7) is 0. The molecule has 0 fully saturated rings. The molecule has 0 saturated carbocycles. The van der Waals surface area contributed by atoms with Crippen molar-refractivity contribution >= 4 is 0 Å². The Labute approximate surface area is 142 Å². The van der Waals surface area contributed by atoms with Crippen molar-refractivity contribution in [2.45, 2.75) is 31.2 Å². The van der Waals surface area contributed by atoms with Crippen LogP contribution in [-0.4, -0.2) is 9.55 Å². The number of hydrogen-bond donors (Lipinski definition) is 0. The van der Waals surface area contributed by atoms with Crippen LogP contribution < -0.4 is 5.49 Å². The van der Waals surface area contributed by atoms with Crippen LogP contribution in [0.4, 0.5) is 30.7 Å². The minimum absolute atomic E-state index is 0.293. The van der Waals surface area contributed by atoms with Crippen molar-refractivity contribution in [2.24, 2.45) is 12.0 Å². The van der Waals surface area contributed by atoms with E-state index < -0.39 is 35.5 Å².